The Balaban J connectivity index is 0.907. The van der Waals surface area contributed by atoms with Gasteiger partial charge in [-0.25, -0.2) is 9.59 Å². The van der Waals surface area contributed by atoms with Crippen LogP contribution in [0, 0.1) is 17.0 Å². The van der Waals surface area contributed by atoms with Crippen molar-refractivity contribution in [1.29, 1.82) is 0 Å². The normalized spacial score (nSPS) is 21.8. The first-order valence-electron chi connectivity index (χ1n) is 23.7. The highest BCUT2D eigenvalue weighted by molar-refractivity contribution is 6.35. The number of fused-ring (bicyclic) bond motifs is 3. The first-order valence-corrected chi connectivity index (χ1v) is 24.5. The highest BCUT2D eigenvalue weighted by Gasteiger charge is 2.54. The van der Waals surface area contributed by atoms with Crippen LogP contribution >= 0.6 is 23.2 Å². The van der Waals surface area contributed by atoms with Gasteiger partial charge in [0.15, 0.2) is 23.9 Å². The molecule has 368 valence electrons. The van der Waals surface area contributed by atoms with Gasteiger partial charge in [-0.05, 0) is 141 Å². The number of carbonyl (C=O) groups is 3. The van der Waals surface area contributed by atoms with Gasteiger partial charge in [0.2, 0.25) is 0 Å². The van der Waals surface area contributed by atoms with Gasteiger partial charge >= 0.3 is 24.6 Å². The standard InChI is InChI=1S/C53H54Cl2F2N4O9/c54-43-29-61(66)30-44(55)41(43)28-42(37-14-17-45(69-51(56)57)46(27-37)67-32-34-10-11-34)53(50(63)64)21-5-22-60(53)25-18-33-12-15-40(16-13-33)68-49(62)39-9-4-8-38(26-39)48(36-6-2-1-3-7-36)58-52(65)70-47-31-59-23-19-35(47)20-24-59/h1-4,6-9,12-17,26-27,29-30,34-35,42,47-48,51H,5,10-11,18-25,28,31-32H2,(H,58,65)(H,63,64)/t42-,47-,48-,53-/m0/s1. The van der Waals surface area contributed by atoms with E-state index in [0.29, 0.717) is 65.6 Å². The first kappa shape index (κ1) is 49.0. The molecule has 2 bridgehead atoms. The Morgan fingerprint density at radius 2 is 1.59 bits per heavy atom. The average molecular weight is 1000 g/mol. The third kappa shape index (κ3) is 11.3. The third-order valence-electron chi connectivity index (χ3n) is 14.2. The maximum absolute atomic E-state index is 13.8. The second kappa shape index (κ2) is 21.6. The fourth-order valence-electron chi connectivity index (χ4n) is 10.4. The molecule has 0 spiro atoms. The van der Waals surface area contributed by atoms with E-state index in [-0.39, 0.29) is 52.0 Å². The summed E-state index contributed by atoms with van der Waals surface area (Å²) in [7, 11) is 0. The lowest BCUT2D eigenvalue weighted by atomic mass is 9.73. The molecule has 0 unspecified atom stereocenters. The van der Waals surface area contributed by atoms with Crippen molar-refractivity contribution in [2.75, 3.05) is 39.3 Å². The summed E-state index contributed by atoms with van der Waals surface area (Å²) in [6, 6.07) is 27.3. The number of carboxylic acid groups (broad SMARTS) is 1. The van der Waals surface area contributed by atoms with Gasteiger partial charge in [0.1, 0.15) is 27.4 Å². The van der Waals surface area contributed by atoms with Gasteiger partial charge in [-0.3, -0.25) is 14.6 Å². The molecule has 1 aliphatic carbocycles. The smallest absolute Gasteiger partial charge is 0.408 e. The van der Waals surface area contributed by atoms with E-state index in [9.17, 15) is 33.5 Å². The number of nitrogens with zero attached hydrogens (tertiary/aromatic N) is 3. The Hall–Kier alpha value is -6.00. The number of alkyl halides is 2. The summed E-state index contributed by atoms with van der Waals surface area (Å²) in [6.45, 7) is 0.717. The number of hydrogen-bond donors (Lipinski definition) is 2. The topological polar surface area (TPSA) is 154 Å². The van der Waals surface area contributed by atoms with Crippen LogP contribution in [0.4, 0.5) is 13.6 Å². The van der Waals surface area contributed by atoms with Crippen molar-refractivity contribution in [2.45, 2.75) is 81.6 Å². The molecule has 1 amide bonds. The molecule has 2 N–H and O–H groups in total. The largest absolute Gasteiger partial charge is 0.619 e. The number of halogens is 4. The predicted octanol–water partition coefficient (Wildman–Crippen LogP) is 9.63. The van der Waals surface area contributed by atoms with E-state index in [0.717, 1.165) is 68.8 Å². The maximum Gasteiger partial charge on any atom is 0.408 e. The zero-order valence-corrected chi connectivity index (χ0v) is 39.8. The molecule has 5 heterocycles. The molecule has 13 nitrogen and oxygen atoms in total. The molecule has 17 heteroatoms. The Morgan fingerprint density at radius 1 is 0.857 bits per heavy atom. The number of nitrogens with one attached hydrogen (secondary N) is 1. The minimum atomic E-state index is -3.11. The van der Waals surface area contributed by atoms with E-state index in [2.05, 4.69) is 10.2 Å². The summed E-state index contributed by atoms with van der Waals surface area (Å²) < 4.78 is 50.2. The van der Waals surface area contributed by atoms with Crippen molar-refractivity contribution in [3.05, 3.63) is 158 Å². The van der Waals surface area contributed by atoms with Crippen LogP contribution in [-0.4, -0.2) is 90.5 Å². The molecule has 0 radical (unpaired) electrons. The Morgan fingerprint density at radius 3 is 2.26 bits per heavy atom. The molecule has 1 aromatic heterocycles. The first-order chi connectivity index (χ1) is 33.8. The van der Waals surface area contributed by atoms with Crippen LogP contribution in [0.2, 0.25) is 10.0 Å². The van der Waals surface area contributed by atoms with Crippen LogP contribution in [0.5, 0.6) is 17.2 Å². The number of carbonyl (C=O) groups excluding carboxylic acids is 2. The summed E-state index contributed by atoms with van der Waals surface area (Å²) in [6.07, 6.45) is 6.75. The Labute approximate surface area is 414 Å². The quantitative estimate of drug-likeness (QED) is 0.0352. The van der Waals surface area contributed by atoms with Crippen LogP contribution in [0.1, 0.15) is 88.7 Å². The van der Waals surface area contributed by atoms with Crippen molar-refractivity contribution < 1.29 is 51.9 Å². The van der Waals surface area contributed by atoms with Crippen LogP contribution in [0.15, 0.2) is 109 Å². The number of likely N-dealkylation sites (tertiary alicyclic amines) is 1. The van der Waals surface area contributed by atoms with Crippen molar-refractivity contribution in [3.63, 3.8) is 0 Å². The van der Waals surface area contributed by atoms with Crippen molar-refractivity contribution in [1.82, 2.24) is 15.1 Å². The Kier molecular flexibility index (Phi) is 15.1. The van der Waals surface area contributed by atoms with Crippen molar-refractivity contribution in [3.8, 4) is 17.2 Å². The molecule has 5 aromatic rings. The molecular formula is C53H54Cl2F2N4O9. The van der Waals surface area contributed by atoms with E-state index >= 15 is 0 Å². The van der Waals surface area contributed by atoms with Gasteiger partial charge in [0.25, 0.3) is 0 Å². The molecule has 4 aromatic carbocycles. The second-order valence-corrected chi connectivity index (χ2v) is 19.5. The maximum atomic E-state index is 13.8. The number of alkyl carbamates (subject to hydrolysis) is 1. The number of aliphatic carboxylic acids is 1. The molecule has 4 saturated heterocycles. The summed E-state index contributed by atoms with van der Waals surface area (Å²) >= 11 is 13.2. The molecule has 5 aliphatic rings. The number of carboxylic acids is 1. The van der Waals surface area contributed by atoms with Gasteiger partial charge in [-0.2, -0.15) is 13.5 Å². The highest BCUT2D eigenvalue weighted by atomic mass is 35.5. The fraction of sp³-hybridized carbons (Fsp3) is 0.396. The molecule has 70 heavy (non-hydrogen) atoms. The Bertz CT molecular complexity index is 2650. The van der Waals surface area contributed by atoms with Gasteiger partial charge in [0.05, 0.1) is 18.2 Å². The van der Waals surface area contributed by atoms with E-state index in [1.54, 1.807) is 42.5 Å². The molecule has 10 rings (SSSR count). The summed E-state index contributed by atoms with van der Waals surface area (Å²) in [5.41, 5.74) is 1.96. The number of esters is 1. The molecular weight excluding hydrogens is 946 g/mol. The number of ether oxygens (including phenoxy) is 4. The lowest BCUT2D eigenvalue weighted by molar-refractivity contribution is -0.605. The number of pyridine rings is 1. The van der Waals surface area contributed by atoms with Gasteiger partial charge in [-0.15, -0.1) is 0 Å². The van der Waals surface area contributed by atoms with Crippen LogP contribution in [0.25, 0.3) is 0 Å². The van der Waals surface area contributed by atoms with E-state index in [1.165, 1.54) is 6.07 Å². The van der Waals surface area contributed by atoms with E-state index in [4.69, 9.17) is 42.1 Å². The van der Waals surface area contributed by atoms with Crippen molar-refractivity contribution >= 4 is 41.2 Å². The van der Waals surface area contributed by atoms with Gasteiger partial charge in [0, 0.05) is 24.6 Å². The average Bonchev–Trinajstić information content (AvgIpc) is 4.09. The van der Waals surface area contributed by atoms with E-state index < -0.39 is 42.1 Å². The molecule has 4 aliphatic heterocycles. The van der Waals surface area contributed by atoms with Crippen LogP contribution in [-0.2, 0) is 22.4 Å². The fourth-order valence-corrected chi connectivity index (χ4v) is 11.0. The number of rotatable bonds is 19. The second-order valence-electron chi connectivity index (χ2n) is 18.7. The number of aromatic nitrogens is 1. The zero-order chi connectivity index (χ0) is 48.9. The zero-order valence-electron chi connectivity index (χ0n) is 38.3. The van der Waals surface area contributed by atoms with Gasteiger partial charge < -0.3 is 34.6 Å². The molecule has 5 fully saturated rings. The third-order valence-corrected chi connectivity index (χ3v) is 14.9. The number of piperidine rings is 3. The van der Waals surface area contributed by atoms with Gasteiger partial charge in [-0.1, -0.05) is 83.9 Å². The minimum absolute atomic E-state index is 0.00286. The van der Waals surface area contributed by atoms with Crippen LogP contribution < -0.4 is 24.3 Å². The van der Waals surface area contributed by atoms with Crippen molar-refractivity contribution in [2.24, 2.45) is 11.8 Å². The predicted molar refractivity (Wildman–Crippen MR) is 257 cm³/mol. The number of amides is 1. The van der Waals surface area contributed by atoms with E-state index in [1.807, 2.05) is 53.4 Å². The summed E-state index contributed by atoms with van der Waals surface area (Å²) in [5, 5.41) is 26.7. The monoisotopic (exact) mass is 998 g/mol. The molecule has 1 saturated carbocycles. The lowest BCUT2D eigenvalue weighted by Gasteiger charge is -2.43. The SMILES string of the molecule is O=C(N[C@@H](c1ccccc1)c1cccc(C(=O)Oc2ccc(CCN3CCC[C@@]3(C(=O)O)[C@@H](Cc3c(Cl)c[n+]([O-])cc3Cl)c3ccc(OC(F)F)c(OCC4CC4)c3)cc2)c1)O[C@H]1CN2CCC1CC2. The summed E-state index contributed by atoms with van der Waals surface area (Å²) in [5.74, 6) is -1.70. The lowest BCUT2D eigenvalue weighted by Crippen LogP contribution is -2.56. The highest BCUT2D eigenvalue weighted by Crippen LogP contribution is 2.47. The number of hydrogen-bond acceptors (Lipinski definition) is 10. The molecule has 4 atom stereocenters. The summed E-state index contributed by atoms with van der Waals surface area (Å²) in [4.78, 5) is 45.1. The number of benzene rings is 4. The van der Waals surface area contributed by atoms with Crippen LogP contribution in [0.3, 0.4) is 0 Å². The minimum Gasteiger partial charge on any atom is -0.619 e.